The van der Waals surface area contributed by atoms with Crippen LogP contribution in [-0.4, -0.2) is 86.8 Å². The molecule has 2 aliphatic rings. The second-order valence-corrected chi connectivity index (χ2v) is 10.3. The van der Waals surface area contributed by atoms with Crippen LogP contribution in [-0.2, 0) is 10.0 Å². The number of carbonyl (C=O) groups is 1. The minimum Gasteiger partial charge on any atom is -0.352 e. The highest BCUT2D eigenvalue weighted by Gasteiger charge is 2.31. The van der Waals surface area contributed by atoms with Crippen LogP contribution < -0.4 is 5.32 Å². The van der Waals surface area contributed by atoms with Crippen molar-refractivity contribution in [3.63, 3.8) is 0 Å². The van der Waals surface area contributed by atoms with Crippen molar-refractivity contribution in [3.8, 4) is 0 Å². The lowest BCUT2D eigenvalue weighted by molar-refractivity contribution is 0.0948. The molecule has 1 unspecified atom stereocenters. The van der Waals surface area contributed by atoms with Gasteiger partial charge in [0.15, 0.2) is 0 Å². The predicted octanol–water partition coefficient (Wildman–Crippen LogP) is 2.01. The van der Waals surface area contributed by atoms with Crippen molar-refractivity contribution in [1.82, 2.24) is 19.4 Å². The molecule has 1 N–H and O–H groups in total. The minimum absolute atomic E-state index is 0.000394. The van der Waals surface area contributed by atoms with Crippen LogP contribution in [0.25, 0.3) is 0 Å². The van der Waals surface area contributed by atoms with E-state index in [1.54, 1.807) is 22.5 Å². The predicted molar refractivity (Wildman–Crippen MR) is 119 cm³/mol. The fourth-order valence-corrected chi connectivity index (χ4v) is 6.04. The van der Waals surface area contributed by atoms with Crippen LogP contribution in [0.5, 0.6) is 0 Å². The Morgan fingerprint density at radius 2 is 1.83 bits per heavy atom. The van der Waals surface area contributed by atoms with Crippen molar-refractivity contribution >= 4 is 15.9 Å². The number of carbonyl (C=O) groups excluding carboxylic acids is 1. The second-order valence-electron chi connectivity index (χ2n) is 8.37. The van der Waals surface area contributed by atoms with Crippen molar-refractivity contribution in [1.29, 1.82) is 0 Å². The average molecular weight is 437 g/mol. The summed E-state index contributed by atoms with van der Waals surface area (Å²) >= 11 is 0. The summed E-state index contributed by atoms with van der Waals surface area (Å²) in [4.78, 5) is 17.6. The van der Waals surface area contributed by atoms with Gasteiger partial charge in [-0.05, 0) is 57.5 Å². The van der Waals surface area contributed by atoms with E-state index in [0.717, 1.165) is 65.0 Å². The number of hydrogen-bond acceptors (Lipinski definition) is 5. The van der Waals surface area contributed by atoms with E-state index in [0.29, 0.717) is 18.7 Å². The molecular formula is C22H36N4O3S. The molecule has 1 amide bonds. The average Bonchev–Trinajstić information content (AvgIpc) is 2.77. The molecule has 0 aliphatic carbocycles. The fourth-order valence-electron chi connectivity index (χ4n) is 4.30. The van der Waals surface area contributed by atoms with Crippen LogP contribution >= 0.6 is 0 Å². The van der Waals surface area contributed by atoms with Gasteiger partial charge in [0.1, 0.15) is 0 Å². The van der Waals surface area contributed by atoms with E-state index in [1.165, 1.54) is 6.07 Å². The van der Waals surface area contributed by atoms with Crippen LogP contribution in [0.15, 0.2) is 29.2 Å². The zero-order chi connectivity index (χ0) is 21.6. The van der Waals surface area contributed by atoms with E-state index in [9.17, 15) is 13.2 Å². The first kappa shape index (κ1) is 23.2. The molecular weight excluding hydrogens is 400 g/mol. The largest absolute Gasteiger partial charge is 0.352 e. The van der Waals surface area contributed by atoms with Gasteiger partial charge in [0.25, 0.3) is 5.91 Å². The maximum atomic E-state index is 13.0. The molecule has 7 nitrogen and oxygen atoms in total. The van der Waals surface area contributed by atoms with E-state index in [2.05, 4.69) is 22.0 Å². The molecule has 0 spiro atoms. The lowest BCUT2D eigenvalue weighted by atomic mass is 10.1. The Morgan fingerprint density at radius 3 is 2.53 bits per heavy atom. The first-order chi connectivity index (χ1) is 14.4. The first-order valence-corrected chi connectivity index (χ1v) is 12.7. The van der Waals surface area contributed by atoms with Crippen molar-refractivity contribution < 1.29 is 13.2 Å². The summed E-state index contributed by atoms with van der Waals surface area (Å²) in [5.41, 5.74) is 0.400. The van der Waals surface area contributed by atoms with Gasteiger partial charge in [0, 0.05) is 50.9 Å². The van der Waals surface area contributed by atoms with Crippen molar-refractivity contribution in [2.24, 2.45) is 0 Å². The third-order valence-corrected chi connectivity index (χ3v) is 8.30. The molecule has 2 heterocycles. The molecule has 8 heteroatoms. The lowest BCUT2D eigenvalue weighted by Crippen LogP contribution is -2.46. The van der Waals surface area contributed by atoms with E-state index < -0.39 is 10.0 Å². The number of piperazine rings is 1. The van der Waals surface area contributed by atoms with Crippen LogP contribution in [0.2, 0.25) is 0 Å². The second kappa shape index (κ2) is 10.7. The number of benzene rings is 1. The highest BCUT2D eigenvalue weighted by molar-refractivity contribution is 7.89. The monoisotopic (exact) mass is 436 g/mol. The minimum atomic E-state index is -3.57. The summed E-state index contributed by atoms with van der Waals surface area (Å²) in [5, 5.41) is 2.94. The van der Waals surface area contributed by atoms with Crippen molar-refractivity contribution in [2.45, 2.75) is 50.5 Å². The molecule has 168 valence electrons. The van der Waals surface area contributed by atoms with Gasteiger partial charge < -0.3 is 15.1 Å². The summed E-state index contributed by atoms with van der Waals surface area (Å²) < 4.78 is 27.7. The molecule has 0 radical (unpaired) electrons. The molecule has 1 atom stereocenters. The number of nitrogens with one attached hydrogen (secondary N) is 1. The van der Waals surface area contributed by atoms with Gasteiger partial charge in [-0.15, -0.1) is 0 Å². The molecule has 1 aromatic rings. The maximum Gasteiger partial charge on any atom is 0.251 e. The van der Waals surface area contributed by atoms with Gasteiger partial charge in [-0.2, -0.15) is 4.31 Å². The Morgan fingerprint density at radius 1 is 1.10 bits per heavy atom. The zero-order valence-electron chi connectivity index (χ0n) is 18.3. The Hall–Kier alpha value is -1.48. The van der Waals surface area contributed by atoms with Gasteiger partial charge in [0.2, 0.25) is 10.0 Å². The first-order valence-electron chi connectivity index (χ1n) is 11.3. The summed E-state index contributed by atoms with van der Waals surface area (Å²) in [7, 11) is -3.57. The van der Waals surface area contributed by atoms with E-state index in [1.807, 2.05) is 6.92 Å². The number of nitrogens with zero attached hydrogens (tertiary/aromatic N) is 3. The SMILES string of the molecule is CCN1CCN(CCCNC(=O)c2cccc(S(=O)(=O)N3CCCCC3C)c2)CC1. The maximum absolute atomic E-state index is 13.0. The van der Waals surface area contributed by atoms with Crippen LogP contribution in [0, 0.1) is 0 Å². The summed E-state index contributed by atoms with van der Waals surface area (Å²) in [6.07, 6.45) is 3.72. The Balaban J connectivity index is 1.51. The fraction of sp³-hybridized carbons (Fsp3) is 0.682. The number of amides is 1. The molecule has 0 saturated carbocycles. The number of hydrogen-bond donors (Lipinski definition) is 1. The molecule has 2 aliphatic heterocycles. The highest BCUT2D eigenvalue weighted by Crippen LogP contribution is 2.25. The Labute approximate surface area is 181 Å². The standard InChI is InChI=1S/C22H36N4O3S/c1-3-24-14-16-25(17-15-24)12-7-11-23-22(27)20-9-6-10-21(18-20)30(28,29)26-13-5-4-8-19(26)2/h6,9-10,18-19H,3-5,7-8,11-17H2,1-2H3,(H,23,27). The third-order valence-electron chi connectivity index (χ3n) is 6.29. The van der Waals surface area contributed by atoms with Gasteiger partial charge >= 0.3 is 0 Å². The van der Waals surface area contributed by atoms with Crippen LogP contribution in [0.3, 0.4) is 0 Å². The van der Waals surface area contributed by atoms with Crippen molar-refractivity contribution in [2.75, 3.05) is 52.4 Å². The van der Waals surface area contributed by atoms with Gasteiger partial charge in [-0.25, -0.2) is 8.42 Å². The topological polar surface area (TPSA) is 73.0 Å². The normalized spacial score (nSPS) is 22.1. The number of likely N-dealkylation sites (N-methyl/N-ethyl adjacent to an activating group) is 1. The summed E-state index contributed by atoms with van der Waals surface area (Å²) in [6.45, 7) is 11.7. The zero-order valence-corrected chi connectivity index (χ0v) is 19.2. The van der Waals surface area contributed by atoms with Crippen LogP contribution in [0.4, 0.5) is 0 Å². The number of rotatable bonds is 8. The van der Waals surface area contributed by atoms with Gasteiger partial charge in [-0.1, -0.05) is 19.4 Å². The van der Waals surface area contributed by atoms with Crippen LogP contribution in [0.1, 0.15) is 49.9 Å². The van der Waals surface area contributed by atoms with E-state index in [-0.39, 0.29) is 16.8 Å². The summed E-state index contributed by atoms with van der Waals surface area (Å²) in [5.74, 6) is -0.213. The molecule has 2 fully saturated rings. The highest BCUT2D eigenvalue weighted by atomic mass is 32.2. The quantitative estimate of drug-likeness (QED) is 0.631. The third kappa shape index (κ3) is 5.81. The molecule has 2 saturated heterocycles. The van der Waals surface area contributed by atoms with Gasteiger partial charge in [0.05, 0.1) is 4.90 Å². The lowest BCUT2D eigenvalue weighted by Gasteiger charge is -2.33. The molecule has 0 bridgehead atoms. The molecule has 0 aromatic heterocycles. The number of piperidine rings is 1. The summed E-state index contributed by atoms with van der Waals surface area (Å²) in [6, 6.07) is 6.43. The number of sulfonamides is 1. The Kier molecular flexibility index (Phi) is 8.27. The van der Waals surface area contributed by atoms with E-state index in [4.69, 9.17) is 0 Å². The smallest absolute Gasteiger partial charge is 0.251 e. The van der Waals surface area contributed by atoms with Crippen molar-refractivity contribution in [3.05, 3.63) is 29.8 Å². The molecule has 30 heavy (non-hydrogen) atoms. The van der Waals surface area contributed by atoms with Gasteiger partial charge in [-0.3, -0.25) is 4.79 Å². The molecule has 3 rings (SSSR count). The van der Waals surface area contributed by atoms with E-state index >= 15 is 0 Å². The Bertz CT molecular complexity index is 806. The molecule has 1 aromatic carbocycles.